The van der Waals surface area contributed by atoms with Gasteiger partial charge in [-0.05, 0) is 36.8 Å². The van der Waals surface area contributed by atoms with Crippen molar-refractivity contribution in [2.45, 2.75) is 13.3 Å². The molecule has 0 aliphatic carbocycles. The van der Waals surface area contributed by atoms with Gasteiger partial charge in [0, 0.05) is 40.2 Å². The lowest BCUT2D eigenvalue weighted by Gasteiger charge is -2.08. The Balaban J connectivity index is 1.61. The predicted octanol–water partition coefficient (Wildman–Crippen LogP) is 3.80. The van der Waals surface area contributed by atoms with E-state index in [4.69, 9.17) is 0 Å². The van der Waals surface area contributed by atoms with E-state index in [-0.39, 0.29) is 11.5 Å². The van der Waals surface area contributed by atoms with E-state index in [2.05, 4.69) is 20.3 Å². The summed E-state index contributed by atoms with van der Waals surface area (Å²) in [5.74, 6) is 0.254. The summed E-state index contributed by atoms with van der Waals surface area (Å²) in [6.07, 6.45) is 2.37. The molecule has 0 radical (unpaired) electrons. The first-order valence-corrected chi connectivity index (χ1v) is 8.99. The molecule has 2 aromatic carbocycles. The Bertz CT molecular complexity index is 1230. The van der Waals surface area contributed by atoms with E-state index in [0.29, 0.717) is 23.5 Å². The Kier molecular flexibility index (Phi) is 4.68. The molecule has 0 aliphatic rings. The highest BCUT2D eigenvalue weighted by Gasteiger charge is 2.09. The molecule has 0 bridgehead atoms. The zero-order valence-corrected chi connectivity index (χ0v) is 15.3. The molecule has 2 N–H and O–H groups in total. The number of amides is 1. The second kappa shape index (κ2) is 7.44. The van der Waals surface area contributed by atoms with E-state index in [1.165, 1.54) is 6.07 Å². The highest BCUT2D eigenvalue weighted by molar-refractivity contribution is 6.06. The number of pyridine rings is 1. The molecule has 1 amide bonds. The van der Waals surface area contributed by atoms with Gasteiger partial charge < -0.3 is 10.3 Å². The summed E-state index contributed by atoms with van der Waals surface area (Å²) in [4.78, 5) is 36.0. The number of rotatable bonds is 4. The minimum atomic E-state index is -0.228. The molecular weight excluding hydrogens is 352 g/mol. The van der Waals surface area contributed by atoms with Crippen LogP contribution in [0.1, 0.15) is 23.0 Å². The van der Waals surface area contributed by atoms with Crippen LogP contribution in [-0.4, -0.2) is 20.9 Å². The van der Waals surface area contributed by atoms with Crippen molar-refractivity contribution in [3.8, 4) is 11.4 Å². The fraction of sp³-hybridized carbons (Fsp3) is 0.0909. The van der Waals surface area contributed by atoms with Crippen LogP contribution in [0.2, 0.25) is 0 Å². The number of anilines is 1. The van der Waals surface area contributed by atoms with Crippen LogP contribution in [0.15, 0.2) is 71.7 Å². The van der Waals surface area contributed by atoms with Crippen molar-refractivity contribution in [1.29, 1.82) is 0 Å². The normalized spacial score (nSPS) is 10.8. The van der Waals surface area contributed by atoms with Gasteiger partial charge >= 0.3 is 0 Å². The molecule has 0 unspecified atom stereocenters. The Labute approximate surface area is 161 Å². The van der Waals surface area contributed by atoms with Crippen molar-refractivity contribution < 1.29 is 4.79 Å². The third-order valence-electron chi connectivity index (χ3n) is 4.42. The number of carbonyl (C=O) groups excluding carboxylic acids is 1. The van der Waals surface area contributed by atoms with Gasteiger partial charge in [0.1, 0.15) is 5.82 Å². The van der Waals surface area contributed by atoms with Gasteiger partial charge in [-0.15, -0.1) is 0 Å². The minimum absolute atomic E-state index is 0.194. The molecule has 28 heavy (non-hydrogen) atoms. The third-order valence-corrected chi connectivity index (χ3v) is 4.42. The zero-order valence-electron chi connectivity index (χ0n) is 15.3. The lowest BCUT2D eigenvalue weighted by Crippen LogP contribution is -2.12. The Morgan fingerprint density at radius 2 is 1.96 bits per heavy atom. The maximum atomic E-state index is 12.6. The van der Waals surface area contributed by atoms with Crippen LogP contribution in [0.3, 0.4) is 0 Å². The number of benzene rings is 2. The van der Waals surface area contributed by atoms with Gasteiger partial charge in [-0.3, -0.25) is 14.6 Å². The van der Waals surface area contributed by atoms with Gasteiger partial charge in [0.25, 0.3) is 11.5 Å². The summed E-state index contributed by atoms with van der Waals surface area (Å²) in [6, 6.07) is 17.9. The highest BCUT2D eigenvalue weighted by atomic mass is 16.1. The number of carbonyl (C=O) groups is 1. The molecule has 0 spiro atoms. The monoisotopic (exact) mass is 370 g/mol. The van der Waals surface area contributed by atoms with Gasteiger partial charge in [-0.1, -0.05) is 31.2 Å². The summed E-state index contributed by atoms with van der Waals surface area (Å²) >= 11 is 0. The van der Waals surface area contributed by atoms with Crippen LogP contribution in [0.4, 0.5) is 5.69 Å². The first kappa shape index (κ1) is 17.6. The van der Waals surface area contributed by atoms with Crippen LogP contribution >= 0.6 is 0 Å². The molecule has 4 aromatic rings. The van der Waals surface area contributed by atoms with E-state index in [9.17, 15) is 9.59 Å². The standard InChI is InChI=1S/C22H18N4O2/c1-2-17-13-20(27)26-21(24-17)15-5-3-7-18(11-15)25-22(28)16-9-8-14-6-4-10-23-19(14)12-16/h3-13H,2H2,1H3,(H,25,28)(H,24,26,27). The smallest absolute Gasteiger partial charge is 0.255 e. The molecular formula is C22H18N4O2. The topological polar surface area (TPSA) is 87.7 Å². The molecule has 0 fully saturated rings. The zero-order chi connectivity index (χ0) is 19.5. The maximum Gasteiger partial charge on any atom is 0.255 e. The maximum absolute atomic E-state index is 12.6. The van der Waals surface area contributed by atoms with Gasteiger partial charge in [0.05, 0.1) is 5.52 Å². The molecule has 0 aliphatic heterocycles. The number of aromatic nitrogens is 3. The number of H-pyrrole nitrogens is 1. The number of aryl methyl sites for hydroxylation is 1. The lowest BCUT2D eigenvalue weighted by atomic mass is 10.1. The summed E-state index contributed by atoms with van der Waals surface area (Å²) in [5.41, 5.74) is 3.16. The van der Waals surface area contributed by atoms with Crippen molar-refractivity contribution in [1.82, 2.24) is 15.0 Å². The van der Waals surface area contributed by atoms with E-state index in [1.807, 2.05) is 37.3 Å². The second-order valence-corrected chi connectivity index (χ2v) is 6.38. The van der Waals surface area contributed by atoms with Crippen LogP contribution in [0.25, 0.3) is 22.3 Å². The van der Waals surface area contributed by atoms with Gasteiger partial charge in [0.15, 0.2) is 0 Å². The van der Waals surface area contributed by atoms with E-state index < -0.39 is 0 Å². The first-order chi connectivity index (χ1) is 13.6. The molecule has 2 aromatic heterocycles. The Morgan fingerprint density at radius 3 is 2.82 bits per heavy atom. The molecule has 6 nitrogen and oxygen atoms in total. The van der Waals surface area contributed by atoms with Crippen molar-refractivity contribution in [3.05, 3.63) is 88.5 Å². The number of fused-ring (bicyclic) bond motifs is 1. The van der Waals surface area contributed by atoms with E-state index in [0.717, 1.165) is 22.2 Å². The molecule has 0 saturated heterocycles. The number of hydrogen-bond donors (Lipinski definition) is 2. The SMILES string of the molecule is CCc1cc(=O)[nH]c(-c2cccc(NC(=O)c3ccc4cccnc4c3)c2)n1. The minimum Gasteiger partial charge on any atom is -0.322 e. The van der Waals surface area contributed by atoms with Crippen molar-refractivity contribution in [2.75, 3.05) is 5.32 Å². The third kappa shape index (κ3) is 3.66. The van der Waals surface area contributed by atoms with Crippen LogP contribution in [0, 0.1) is 0 Å². The Morgan fingerprint density at radius 1 is 1.07 bits per heavy atom. The van der Waals surface area contributed by atoms with Crippen LogP contribution in [0.5, 0.6) is 0 Å². The molecule has 0 saturated carbocycles. The summed E-state index contributed by atoms with van der Waals surface area (Å²) < 4.78 is 0. The first-order valence-electron chi connectivity index (χ1n) is 8.99. The van der Waals surface area contributed by atoms with Gasteiger partial charge in [0.2, 0.25) is 0 Å². The van der Waals surface area contributed by atoms with Crippen molar-refractivity contribution in [3.63, 3.8) is 0 Å². The van der Waals surface area contributed by atoms with E-state index >= 15 is 0 Å². The quantitative estimate of drug-likeness (QED) is 0.572. The predicted molar refractivity (Wildman–Crippen MR) is 109 cm³/mol. The highest BCUT2D eigenvalue weighted by Crippen LogP contribution is 2.20. The average Bonchev–Trinajstić information content (AvgIpc) is 2.73. The average molecular weight is 370 g/mol. The second-order valence-electron chi connectivity index (χ2n) is 6.38. The molecule has 4 rings (SSSR count). The molecule has 0 atom stereocenters. The van der Waals surface area contributed by atoms with Crippen LogP contribution < -0.4 is 10.9 Å². The number of hydrogen-bond acceptors (Lipinski definition) is 4. The van der Waals surface area contributed by atoms with E-state index in [1.54, 1.807) is 30.5 Å². The summed E-state index contributed by atoms with van der Waals surface area (Å²) in [5, 5.41) is 3.87. The summed E-state index contributed by atoms with van der Waals surface area (Å²) in [7, 11) is 0. The lowest BCUT2D eigenvalue weighted by molar-refractivity contribution is 0.102. The fourth-order valence-electron chi connectivity index (χ4n) is 2.98. The van der Waals surface area contributed by atoms with Crippen LogP contribution in [-0.2, 0) is 6.42 Å². The Hall–Kier alpha value is -3.80. The largest absolute Gasteiger partial charge is 0.322 e. The summed E-state index contributed by atoms with van der Waals surface area (Å²) in [6.45, 7) is 1.95. The van der Waals surface area contributed by atoms with Crippen molar-refractivity contribution in [2.24, 2.45) is 0 Å². The molecule has 2 heterocycles. The fourth-order valence-corrected chi connectivity index (χ4v) is 2.98. The molecule has 6 heteroatoms. The number of nitrogens with zero attached hydrogens (tertiary/aromatic N) is 2. The number of nitrogens with one attached hydrogen (secondary N) is 2. The van der Waals surface area contributed by atoms with Gasteiger partial charge in [-0.2, -0.15) is 0 Å². The molecule has 138 valence electrons. The van der Waals surface area contributed by atoms with Gasteiger partial charge in [-0.25, -0.2) is 4.98 Å². The number of aromatic amines is 1. The van der Waals surface area contributed by atoms with Crippen molar-refractivity contribution >= 4 is 22.5 Å².